The zero-order valence-electron chi connectivity index (χ0n) is 7.72. The Labute approximate surface area is 74.7 Å². The highest BCUT2D eigenvalue weighted by atomic mass is 16.5. The fraction of sp³-hybridized carbons (Fsp3) is 1.00. The molecule has 70 valence electrons. The van der Waals surface area contributed by atoms with E-state index in [9.17, 15) is 0 Å². The lowest BCUT2D eigenvalue weighted by Crippen LogP contribution is -2.41. The largest absolute Gasteiger partial charge is 0.377 e. The van der Waals surface area contributed by atoms with Crippen molar-refractivity contribution in [1.82, 2.24) is 5.32 Å². The average molecular weight is 169 g/mol. The third-order valence-corrected chi connectivity index (χ3v) is 3.01. The van der Waals surface area contributed by atoms with Gasteiger partial charge in [-0.2, -0.15) is 0 Å². The lowest BCUT2D eigenvalue weighted by molar-refractivity contribution is 0.0138. The minimum atomic E-state index is 0.513. The maximum Gasteiger partial charge on any atom is 0.0699 e. The summed E-state index contributed by atoms with van der Waals surface area (Å²) in [5, 5.41) is 3.56. The second-order valence-corrected chi connectivity index (χ2v) is 4.02. The van der Waals surface area contributed by atoms with Gasteiger partial charge in [0.25, 0.3) is 0 Å². The van der Waals surface area contributed by atoms with E-state index in [-0.39, 0.29) is 0 Å². The molecule has 1 N–H and O–H groups in total. The molecule has 1 aliphatic heterocycles. The van der Waals surface area contributed by atoms with E-state index < -0.39 is 0 Å². The summed E-state index contributed by atoms with van der Waals surface area (Å²) in [6, 6.07) is 0.815. The molecule has 1 unspecified atom stereocenters. The quantitative estimate of drug-likeness (QED) is 0.694. The molecule has 2 fully saturated rings. The molecule has 0 aromatic heterocycles. The summed E-state index contributed by atoms with van der Waals surface area (Å²) >= 11 is 0. The molecule has 0 bridgehead atoms. The average Bonchev–Trinajstić information content (AvgIpc) is 2.04. The summed E-state index contributed by atoms with van der Waals surface area (Å²) < 4.78 is 5.63. The molecule has 1 saturated carbocycles. The Balaban J connectivity index is 1.58. The molecule has 2 aliphatic rings. The van der Waals surface area contributed by atoms with E-state index >= 15 is 0 Å². The molecule has 2 heteroatoms. The monoisotopic (exact) mass is 169 g/mol. The molecule has 0 spiro atoms. The van der Waals surface area contributed by atoms with Gasteiger partial charge in [0.1, 0.15) is 0 Å². The van der Waals surface area contributed by atoms with E-state index in [4.69, 9.17) is 4.74 Å². The Hall–Kier alpha value is -0.0800. The van der Waals surface area contributed by atoms with Crippen molar-refractivity contribution in [3.8, 4) is 0 Å². The van der Waals surface area contributed by atoms with Crippen LogP contribution < -0.4 is 5.32 Å². The van der Waals surface area contributed by atoms with Crippen LogP contribution in [0.15, 0.2) is 0 Å². The van der Waals surface area contributed by atoms with Crippen LogP contribution >= 0.6 is 0 Å². The van der Waals surface area contributed by atoms with Gasteiger partial charge >= 0.3 is 0 Å². The van der Waals surface area contributed by atoms with Crippen LogP contribution in [0.25, 0.3) is 0 Å². The van der Waals surface area contributed by atoms with E-state index in [0.29, 0.717) is 6.10 Å². The van der Waals surface area contributed by atoms with E-state index in [2.05, 4.69) is 5.32 Å². The van der Waals surface area contributed by atoms with E-state index in [1.807, 2.05) is 0 Å². The SMILES string of the molecule is C1CCC(CNC2CCC2)OC1. The van der Waals surface area contributed by atoms with Gasteiger partial charge in [-0.05, 0) is 32.1 Å². The van der Waals surface area contributed by atoms with Crippen LogP contribution in [0.4, 0.5) is 0 Å². The first-order valence-corrected chi connectivity index (χ1v) is 5.30. The number of ether oxygens (including phenoxy) is 1. The minimum Gasteiger partial charge on any atom is -0.377 e. The Bertz CT molecular complexity index is 128. The lowest BCUT2D eigenvalue weighted by atomic mass is 9.93. The van der Waals surface area contributed by atoms with Gasteiger partial charge in [0.2, 0.25) is 0 Å². The molecular formula is C10H19NO. The van der Waals surface area contributed by atoms with Crippen LogP contribution in [-0.2, 0) is 4.74 Å². The topological polar surface area (TPSA) is 21.3 Å². The van der Waals surface area contributed by atoms with Crippen LogP contribution in [0, 0.1) is 0 Å². The minimum absolute atomic E-state index is 0.513. The third-order valence-electron chi connectivity index (χ3n) is 3.01. The van der Waals surface area contributed by atoms with Gasteiger partial charge in [-0.25, -0.2) is 0 Å². The fourth-order valence-corrected chi connectivity index (χ4v) is 1.88. The zero-order valence-corrected chi connectivity index (χ0v) is 7.72. The fourth-order valence-electron chi connectivity index (χ4n) is 1.88. The van der Waals surface area contributed by atoms with Crippen molar-refractivity contribution in [1.29, 1.82) is 0 Å². The van der Waals surface area contributed by atoms with Gasteiger partial charge in [-0.15, -0.1) is 0 Å². The molecule has 2 rings (SSSR count). The Morgan fingerprint density at radius 1 is 1.08 bits per heavy atom. The predicted molar refractivity (Wildman–Crippen MR) is 49.2 cm³/mol. The van der Waals surface area contributed by atoms with Crippen molar-refractivity contribution >= 4 is 0 Å². The molecule has 0 aromatic carbocycles. The van der Waals surface area contributed by atoms with Crippen molar-refractivity contribution < 1.29 is 4.74 Å². The van der Waals surface area contributed by atoms with E-state index in [1.54, 1.807) is 0 Å². The normalized spacial score (nSPS) is 31.5. The van der Waals surface area contributed by atoms with E-state index in [1.165, 1.54) is 38.5 Å². The van der Waals surface area contributed by atoms with Gasteiger partial charge in [-0.3, -0.25) is 0 Å². The Morgan fingerprint density at radius 3 is 2.58 bits per heavy atom. The van der Waals surface area contributed by atoms with Crippen LogP contribution in [0.2, 0.25) is 0 Å². The summed E-state index contributed by atoms with van der Waals surface area (Å²) in [5.41, 5.74) is 0. The smallest absolute Gasteiger partial charge is 0.0699 e. The lowest BCUT2D eigenvalue weighted by Gasteiger charge is -2.30. The first-order chi connectivity index (χ1) is 5.95. The van der Waals surface area contributed by atoms with Gasteiger partial charge in [0.15, 0.2) is 0 Å². The highest BCUT2D eigenvalue weighted by Crippen LogP contribution is 2.19. The summed E-state index contributed by atoms with van der Waals surface area (Å²) in [6.45, 7) is 2.07. The van der Waals surface area contributed by atoms with Gasteiger partial charge in [-0.1, -0.05) is 6.42 Å². The number of rotatable bonds is 3. The predicted octanol–water partition coefficient (Wildman–Crippen LogP) is 1.70. The van der Waals surface area contributed by atoms with Gasteiger partial charge in [0, 0.05) is 19.2 Å². The van der Waals surface area contributed by atoms with Crippen LogP contribution in [-0.4, -0.2) is 25.3 Å². The Kier molecular flexibility index (Phi) is 3.01. The van der Waals surface area contributed by atoms with E-state index in [0.717, 1.165) is 19.2 Å². The molecule has 0 amide bonds. The highest BCUT2D eigenvalue weighted by molar-refractivity contribution is 4.78. The van der Waals surface area contributed by atoms with Gasteiger partial charge in [0.05, 0.1) is 6.10 Å². The number of hydrogen-bond donors (Lipinski definition) is 1. The second-order valence-electron chi connectivity index (χ2n) is 4.02. The molecular weight excluding hydrogens is 150 g/mol. The van der Waals surface area contributed by atoms with Crippen molar-refractivity contribution in [3.05, 3.63) is 0 Å². The Morgan fingerprint density at radius 2 is 2.00 bits per heavy atom. The van der Waals surface area contributed by atoms with Crippen LogP contribution in [0.3, 0.4) is 0 Å². The summed E-state index contributed by atoms with van der Waals surface area (Å²) in [4.78, 5) is 0. The maximum atomic E-state index is 5.63. The van der Waals surface area contributed by atoms with Gasteiger partial charge < -0.3 is 10.1 Å². The molecule has 1 atom stereocenters. The molecule has 1 saturated heterocycles. The molecule has 0 aromatic rings. The summed E-state index contributed by atoms with van der Waals surface area (Å²) in [5.74, 6) is 0. The van der Waals surface area contributed by atoms with Crippen molar-refractivity contribution in [2.75, 3.05) is 13.2 Å². The molecule has 0 radical (unpaired) electrons. The highest BCUT2D eigenvalue weighted by Gasteiger charge is 2.19. The van der Waals surface area contributed by atoms with Crippen molar-refractivity contribution in [2.24, 2.45) is 0 Å². The zero-order chi connectivity index (χ0) is 8.23. The second kappa shape index (κ2) is 4.24. The number of hydrogen-bond acceptors (Lipinski definition) is 2. The third kappa shape index (κ3) is 2.20. The van der Waals surface area contributed by atoms with Crippen molar-refractivity contribution in [3.63, 3.8) is 0 Å². The molecule has 12 heavy (non-hydrogen) atoms. The van der Waals surface area contributed by atoms with Crippen molar-refractivity contribution in [2.45, 2.75) is 50.7 Å². The first-order valence-electron chi connectivity index (χ1n) is 5.30. The van der Waals surface area contributed by atoms with Crippen LogP contribution in [0.5, 0.6) is 0 Å². The maximum absolute atomic E-state index is 5.63. The van der Waals surface area contributed by atoms with Crippen LogP contribution in [0.1, 0.15) is 38.5 Å². The standard InChI is InChI=1S/C10H19NO/c1-2-7-12-10(6-1)8-11-9-4-3-5-9/h9-11H,1-8H2. The summed E-state index contributed by atoms with van der Waals surface area (Å²) in [6.07, 6.45) is 8.58. The number of nitrogens with one attached hydrogen (secondary N) is 1. The molecule has 1 aliphatic carbocycles. The molecule has 1 heterocycles. The summed E-state index contributed by atoms with van der Waals surface area (Å²) in [7, 11) is 0. The molecule has 2 nitrogen and oxygen atoms in total. The first kappa shape index (κ1) is 8.52.